The van der Waals surface area contributed by atoms with Crippen molar-refractivity contribution in [3.8, 4) is 0 Å². The third-order valence-corrected chi connectivity index (χ3v) is 3.69. The Kier molecular flexibility index (Phi) is 5.59. The monoisotopic (exact) mass is 334 g/mol. The highest BCUT2D eigenvalue weighted by atomic mass is 32.2. The van der Waals surface area contributed by atoms with Crippen molar-refractivity contribution in [2.24, 2.45) is 0 Å². The van der Waals surface area contributed by atoms with Crippen LogP contribution in [0.15, 0.2) is 48.5 Å². The molecule has 0 fully saturated rings. The van der Waals surface area contributed by atoms with E-state index in [4.69, 9.17) is 0 Å². The molecule has 0 bridgehead atoms. The number of nitrogens with one attached hydrogen (secondary N) is 2. The SMILES string of the molecule is CS(=O)Cc1cccc(C(=O)NNC(=O)c2ccc(F)cc2)c1. The summed E-state index contributed by atoms with van der Waals surface area (Å²) in [6.45, 7) is 0. The second-order valence-corrected chi connectivity index (χ2v) is 6.27. The normalized spacial score (nSPS) is 11.6. The molecule has 2 amide bonds. The number of carbonyl (C=O) groups is 2. The van der Waals surface area contributed by atoms with Crippen molar-refractivity contribution in [3.63, 3.8) is 0 Å². The van der Waals surface area contributed by atoms with Gasteiger partial charge in [0.15, 0.2) is 0 Å². The van der Waals surface area contributed by atoms with Crippen LogP contribution in [0.3, 0.4) is 0 Å². The Morgan fingerprint density at radius 2 is 1.61 bits per heavy atom. The number of hydrazine groups is 1. The fraction of sp³-hybridized carbons (Fsp3) is 0.125. The van der Waals surface area contributed by atoms with Gasteiger partial charge >= 0.3 is 0 Å². The highest BCUT2D eigenvalue weighted by molar-refractivity contribution is 7.83. The summed E-state index contributed by atoms with van der Waals surface area (Å²) in [6.07, 6.45) is 1.58. The van der Waals surface area contributed by atoms with Crippen molar-refractivity contribution >= 4 is 22.6 Å². The van der Waals surface area contributed by atoms with Crippen LogP contribution in [0, 0.1) is 5.82 Å². The van der Waals surface area contributed by atoms with Crippen molar-refractivity contribution < 1.29 is 18.2 Å². The van der Waals surface area contributed by atoms with Crippen LogP contribution in [0.2, 0.25) is 0 Å². The molecule has 1 atom stereocenters. The van der Waals surface area contributed by atoms with Crippen LogP contribution < -0.4 is 10.9 Å². The number of halogens is 1. The molecule has 0 spiro atoms. The second-order valence-electron chi connectivity index (χ2n) is 4.83. The molecule has 0 aliphatic rings. The number of benzene rings is 2. The lowest BCUT2D eigenvalue weighted by molar-refractivity contribution is 0.0846. The molecule has 0 radical (unpaired) electrons. The number of rotatable bonds is 4. The van der Waals surface area contributed by atoms with Gasteiger partial charge in [-0.25, -0.2) is 4.39 Å². The van der Waals surface area contributed by atoms with Crippen LogP contribution in [0.5, 0.6) is 0 Å². The van der Waals surface area contributed by atoms with E-state index in [1.807, 2.05) is 0 Å². The molecule has 0 saturated carbocycles. The summed E-state index contributed by atoms with van der Waals surface area (Å²) >= 11 is 0. The van der Waals surface area contributed by atoms with Crippen LogP contribution >= 0.6 is 0 Å². The first-order valence-corrected chi connectivity index (χ1v) is 8.43. The molecule has 120 valence electrons. The average Bonchev–Trinajstić information content (AvgIpc) is 2.52. The Labute approximate surface area is 135 Å². The minimum atomic E-state index is -1.01. The number of hydrogen-bond acceptors (Lipinski definition) is 3. The maximum Gasteiger partial charge on any atom is 0.269 e. The zero-order chi connectivity index (χ0) is 16.8. The lowest BCUT2D eigenvalue weighted by Crippen LogP contribution is -2.41. The molecular weight excluding hydrogens is 319 g/mol. The van der Waals surface area contributed by atoms with E-state index < -0.39 is 28.4 Å². The minimum absolute atomic E-state index is 0.224. The fourth-order valence-corrected chi connectivity index (χ4v) is 2.55. The van der Waals surface area contributed by atoms with E-state index in [0.717, 1.165) is 17.7 Å². The van der Waals surface area contributed by atoms with E-state index in [0.29, 0.717) is 11.3 Å². The maximum absolute atomic E-state index is 12.8. The Balaban J connectivity index is 1.98. The Bertz CT molecular complexity index is 747. The molecule has 5 nitrogen and oxygen atoms in total. The van der Waals surface area contributed by atoms with Crippen LogP contribution in [-0.4, -0.2) is 22.3 Å². The lowest BCUT2D eigenvalue weighted by atomic mass is 10.1. The fourth-order valence-electron chi connectivity index (χ4n) is 1.90. The summed E-state index contributed by atoms with van der Waals surface area (Å²) < 4.78 is 24.0. The van der Waals surface area contributed by atoms with Crippen molar-refractivity contribution in [2.45, 2.75) is 5.75 Å². The summed E-state index contributed by atoms with van der Waals surface area (Å²) in [5, 5.41) is 0. The smallest absolute Gasteiger partial charge is 0.267 e. The van der Waals surface area contributed by atoms with Crippen molar-refractivity contribution in [2.75, 3.05) is 6.26 Å². The average molecular weight is 334 g/mol. The molecule has 0 saturated heterocycles. The van der Waals surface area contributed by atoms with Gasteiger partial charge in [-0.15, -0.1) is 0 Å². The Morgan fingerprint density at radius 1 is 1.00 bits per heavy atom. The van der Waals surface area contributed by atoms with Gasteiger partial charge in [-0.1, -0.05) is 12.1 Å². The van der Waals surface area contributed by atoms with Gasteiger partial charge in [0.2, 0.25) is 0 Å². The molecule has 0 heterocycles. The maximum atomic E-state index is 12.8. The molecule has 0 aromatic heterocycles. The summed E-state index contributed by atoms with van der Waals surface area (Å²) in [4.78, 5) is 23.8. The Hall–Kier alpha value is -2.54. The molecule has 2 aromatic carbocycles. The summed E-state index contributed by atoms with van der Waals surface area (Å²) in [7, 11) is -1.01. The second kappa shape index (κ2) is 7.64. The zero-order valence-electron chi connectivity index (χ0n) is 12.3. The third kappa shape index (κ3) is 5.00. The van der Waals surface area contributed by atoms with Gasteiger partial charge in [-0.3, -0.25) is 24.6 Å². The lowest BCUT2D eigenvalue weighted by Gasteiger charge is -2.08. The van der Waals surface area contributed by atoms with Gasteiger partial charge in [-0.2, -0.15) is 0 Å². The number of hydrogen-bond donors (Lipinski definition) is 2. The largest absolute Gasteiger partial charge is 0.269 e. The summed E-state index contributed by atoms with van der Waals surface area (Å²) in [6, 6.07) is 11.6. The van der Waals surface area contributed by atoms with E-state index in [1.165, 1.54) is 12.1 Å². The molecule has 23 heavy (non-hydrogen) atoms. The van der Waals surface area contributed by atoms with E-state index in [-0.39, 0.29) is 5.56 Å². The molecule has 2 N–H and O–H groups in total. The minimum Gasteiger partial charge on any atom is -0.267 e. The first kappa shape index (κ1) is 16.8. The zero-order valence-corrected chi connectivity index (χ0v) is 13.2. The summed E-state index contributed by atoms with van der Waals surface area (Å²) in [5.41, 5.74) is 5.87. The summed E-state index contributed by atoms with van der Waals surface area (Å²) in [5.74, 6) is -1.15. The third-order valence-electron chi connectivity index (χ3n) is 2.96. The van der Waals surface area contributed by atoms with Gasteiger partial charge in [0, 0.05) is 33.9 Å². The van der Waals surface area contributed by atoms with Crippen LogP contribution in [0.4, 0.5) is 4.39 Å². The molecular formula is C16H15FN2O3S. The standard InChI is InChI=1S/C16H15FN2O3S/c1-23(22)10-11-3-2-4-13(9-11)16(21)19-18-15(20)12-5-7-14(17)8-6-12/h2-9H,10H2,1H3,(H,18,20)(H,19,21). The van der Waals surface area contributed by atoms with Crippen LogP contribution in [0.1, 0.15) is 26.3 Å². The van der Waals surface area contributed by atoms with Crippen molar-refractivity contribution in [3.05, 3.63) is 71.0 Å². The van der Waals surface area contributed by atoms with Crippen molar-refractivity contribution in [1.29, 1.82) is 0 Å². The van der Waals surface area contributed by atoms with Crippen LogP contribution in [0.25, 0.3) is 0 Å². The van der Waals surface area contributed by atoms with E-state index in [2.05, 4.69) is 10.9 Å². The highest BCUT2D eigenvalue weighted by Crippen LogP contribution is 2.07. The molecule has 1 unspecified atom stereocenters. The Morgan fingerprint density at radius 3 is 2.22 bits per heavy atom. The van der Waals surface area contributed by atoms with Crippen molar-refractivity contribution in [1.82, 2.24) is 10.9 Å². The van der Waals surface area contributed by atoms with Crippen LogP contribution in [-0.2, 0) is 16.6 Å². The topological polar surface area (TPSA) is 75.3 Å². The predicted octanol–water partition coefficient (Wildman–Crippen LogP) is 1.78. The van der Waals surface area contributed by atoms with Gasteiger partial charge in [0.1, 0.15) is 5.82 Å². The molecule has 2 aromatic rings. The van der Waals surface area contributed by atoms with E-state index >= 15 is 0 Å². The molecule has 2 rings (SSSR count). The van der Waals surface area contributed by atoms with Gasteiger partial charge in [-0.05, 0) is 42.0 Å². The molecule has 0 aliphatic heterocycles. The van der Waals surface area contributed by atoms with E-state index in [1.54, 1.807) is 30.5 Å². The number of amides is 2. The first-order chi connectivity index (χ1) is 11.0. The van der Waals surface area contributed by atoms with E-state index in [9.17, 15) is 18.2 Å². The van der Waals surface area contributed by atoms with Gasteiger partial charge in [0.25, 0.3) is 11.8 Å². The quantitative estimate of drug-likeness (QED) is 0.837. The number of carbonyl (C=O) groups excluding carboxylic acids is 2. The highest BCUT2D eigenvalue weighted by Gasteiger charge is 2.10. The van der Waals surface area contributed by atoms with Gasteiger partial charge < -0.3 is 0 Å². The van der Waals surface area contributed by atoms with Gasteiger partial charge in [0.05, 0.1) is 0 Å². The molecule has 7 heteroatoms. The predicted molar refractivity (Wildman–Crippen MR) is 85.5 cm³/mol. The molecule has 0 aliphatic carbocycles. The first-order valence-electron chi connectivity index (χ1n) is 6.71.